The molecule has 0 bridgehead atoms. The molecule has 0 saturated carbocycles. The average Bonchev–Trinajstić information content (AvgIpc) is 2.63. The van der Waals surface area contributed by atoms with Gasteiger partial charge in [-0.25, -0.2) is 0 Å². The molecule has 176 valence electrons. The molecule has 1 aromatic rings. The molecule has 0 atom stereocenters. The first-order valence-electron chi connectivity index (χ1n) is 11.3. The Morgan fingerprint density at radius 1 is 1.00 bits per heavy atom. The zero-order valence-electron chi connectivity index (χ0n) is 20.6. The number of carbonyl (C=O) groups excluding carboxylic acids is 1. The number of nitro groups is 1. The third-order valence-corrected chi connectivity index (χ3v) is 5.72. The lowest BCUT2D eigenvalue weighted by Gasteiger charge is -2.28. The Balaban J connectivity index is 3.00. The van der Waals surface area contributed by atoms with Gasteiger partial charge in [0, 0.05) is 24.2 Å². The van der Waals surface area contributed by atoms with Crippen molar-refractivity contribution in [2.75, 3.05) is 6.61 Å². The van der Waals surface area contributed by atoms with Crippen molar-refractivity contribution in [1.29, 1.82) is 0 Å². The number of nitrogens with zero attached hydrogens (tertiary/aromatic N) is 1. The van der Waals surface area contributed by atoms with Crippen molar-refractivity contribution in [3.05, 3.63) is 38.9 Å². The Morgan fingerprint density at radius 3 is 1.81 bits per heavy atom. The molecular formula is C25H41NO5. The van der Waals surface area contributed by atoms with Crippen LogP contribution in [0.4, 0.5) is 0 Å². The number of hydrogen-bond donors (Lipinski definition) is 1. The molecule has 0 spiro atoms. The highest BCUT2D eigenvalue weighted by Gasteiger charge is 2.42. The number of phenolic OH excluding ortho intramolecular Hbond substituents is 1. The molecule has 1 rings (SSSR count). The second kappa shape index (κ2) is 10.5. The van der Waals surface area contributed by atoms with Crippen molar-refractivity contribution in [1.82, 2.24) is 0 Å². The summed E-state index contributed by atoms with van der Waals surface area (Å²) in [6.45, 7) is 15.9. The number of rotatable bonds is 10. The Bertz CT molecular complexity index is 730. The summed E-state index contributed by atoms with van der Waals surface area (Å²) >= 11 is 0. The van der Waals surface area contributed by atoms with Gasteiger partial charge in [-0.3, -0.25) is 14.9 Å². The molecule has 0 heterocycles. The minimum Gasteiger partial charge on any atom is -0.507 e. The maximum atomic E-state index is 12.4. The third-order valence-electron chi connectivity index (χ3n) is 5.72. The SMILES string of the molecule is CCCC(CCC)(COC(=O)CCc1cc(C(C)(C)C)c(O)c(C(C)(C)C)c1)[N+](=O)[O-]. The van der Waals surface area contributed by atoms with E-state index < -0.39 is 11.5 Å². The molecule has 6 nitrogen and oxygen atoms in total. The minimum absolute atomic E-state index is 0.143. The fraction of sp³-hybridized carbons (Fsp3) is 0.720. The van der Waals surface area contributed by atoms with Crippen molar-refractivity contribution in [2.24, 2.45) is 0 Å². The van der Waals surface area contributed by atoms with Crippen LogP contribution in [0, 0.1) is 10.1 Å². The smallest absolute Gasteiger partial charge is 0.306 e. The molecule has 0 aliphatic carbocycles. The standard InChI is InChI=1S/C25H41NO5/c1-9-13-25(14-10-2,26(29)30)17-31-21(27)12-11-18-15-19(23(3,4)5)22(28)20(16-18)24(6,7)8/h15-16,28H,9-14,17H2,1-8H3. The maximum absolute atomic E-state index is 12.4. The largest absolute Gasteiger partial charge is 0.507 e. The van der Waals surface area contributed by atoms with Gasteiger partial charge in [0.2, 0.25) is 0 Å². The molecule has 0 unspecified atom stereocenters. The number of phenols is 1. The summed E-state index contributed by atoms with van der Waals surface area (Å²) in [5.74, 6) is -0.123. The van der Waals surface area contributed by atoms with Crippen molar-refractivity contribution < 1.29 is 19.6 Å². The zero-order chi connectivity index (χ0) is 24.0. The lowest BCUT2D eigenvalue weighted by atomic mass is 9.78. The highest BCUT2D eigenvalue weighted by Crippen LogP contribution is 2.40. The number of esters is 1. The molecule has 0 aliphatic heterocycles. The predicted octanol–water partition coefficient (Wildman–Crippen LogP) is 6.08. The van der Waals surface area contributed by atoms with Crippen LogP contribution < -0.4 is 0 Å². The number of aryl methyl sites for hydroxylation is 1. The lowest BCUT2D eigenvalue weighted by Crippen LogP contribution is -2.43. The Kier molecular flexibility index (Phi) is 9.09. The second-order valence-corrected chi connectivity index (χ2v) is 10.7. The van der Waals surface area contributed by atoms with Crippen LogP contribution in [0.25, 0.3) is 0 Å². The minimum atomic E-state index is -1.20. The quantitative estimate of drug-likeness (QED) is 0.273. The van der Waals surface area contributed by atoms with Crippen LogP contribution in [-0.4, -0.2) is 28.1 Å². The van der Waals surface area contributed by atoms with E-state index in [1.54, 1.807) is 0 Å². The number of aromatic hydroxyl groups is 1. The van der Waals surface area contributed by atoms with Gasteiger partial charge in [-0.1, -0.05) is 67.5 Å². The van der Waals surface area contributed by atoms with E-state index in [0.29, 0.717) is 37.9 Å². The summed E-state index contributed by atoms with van der Waals surface area (Å²) in [5, 5.41) is 22.5. The lowest BCUT2D eigenvalue weighted by molar-refractivity contribution is -0.576. The van der Waals surface area contributed by atoms with Crippen LogP contribution in [0.15, 0.2) is 12.1 Å². The number of ether oxygens (including phenoxy) is 1. The Hall–Kier alpha value is -2.11. The van der Waals surface area contributed by atoms with Gasteiger partial charge in [0.05, 0.1) is 0 Å². The van der Waals surface area contributed by atoms with E-state index in [1.807, 2.05) is 67.5 Å². The number of benzene rings is 1. The number of carbonyl (C=O) groups is 1. The normalized spacial score (nSPS) is 12.6. The fourth-order valence-electron chi connectivity index (χ4n) is 3.95. The highest BCUT2D eigenvalue weighted by molar-refractivity contribution is 5.70. The van der Waals surface area contributed by atoms with Crippen molar-refractivity contribution in [2.45, 2.75) is 110 Å². The zero-order valence-corrected chi connectivity index (χ0v) is 20.6. The molecule has 0 saturated heterocycles. The van der Waals surface area contributed by atoms with E-state index in [-0.39, 0.29) is 28.8 Å². The van der Waals surface area contributed by atoms with E-state index in [1.165, 1.54) is 0 Å². The van der Waals surface area contributed by atoms with Gasteiger partial charge >= 0.3 is 5.97 Å². The van der Waals surface area contributed by atoms with Crippen LogP contribution in [-0.2, 0) is 26.8 Å². The summed E-state index contributed by atoms with van der Waals surface area (Å²) in [4.78, 5) is 23.8. The molecule has 0 amide bonds. The molecule has 0 aromatic heterocycles. The Morgan fingerprint density at radius 2 is 1.45 bits per heavy atom. The number of hydrogen-bond acceptors (Lipinski definition) is 5. The van der Waals surface area contributed by atoms with Crippen LogP contribution in [0.2, 0.25) is 0 Å². The summed E-state index contributed by atoms with van der Waals surface area (Å²) in [6.07, 6.45) is 2.71. The van der Waals surface area contributed by atoms with Crippen LogP contribution in [0.3, 0.4) is 0 Å². The van der Waals surface area contributed by atoms with E-state index in [4.69, 9.17) is 4.74 Å². The van der Waals surface area contributed by atoms with E-state index in [9.17, 15) is 20.0 Å². The molecule has 0 radical (unpaired) electrons. The highest BCUT2D eigenvalue weighted by atomic mass is 16.6. The molecule has 6 heteroatoms. The third kappa shape index (κ3) is 7.22. The van der Waals surface area contributed by atoms with Crippen molar-refractivity contribution in [3.63, 3.8) is 0 Å². The van der Waals surface area contributed by atoms with Gasteiger partial charge in [0.15, 0.2) is 6.61 Å². The van der Waals surface area contributed by atoms with E-state index >= 15 is 0 Å². The fourth-order valence-corrected chi connectivity index (χ4v) is 3.95. The van der Waals surface area contributed by atoms with Gasteiger partial charge in [-0.15, -0.1) is 0 Å². The molecule has 0 fully saturated rings. The molecule has 1 N–H and O–H groups in total. The Labute approximate surface area is 187 Å². The summed E-state index contributed by atoms with van der Waals surface area (Å²) < 4.78 is 5.38. The van der Waals surface area contributed by atoms with Crippen LogP contribution >= 0.6 is 0 Å². The monoisotopic (exact) mass is 435 g/mol. The second-order valence-electron chi connectivity index (χ2n) is 10.7. The predicted molar refractivity (Wildman–Crippen MR) is 124 cm³/mol. The first kappa shape index (κ1) is 26.9. The van der Waals surface area contributed by atoms with Gasteiger partial charge in [-0.2, -0.15) is 0 Å². The summed E-state index contributed by atoms with van der Waals surface area (Å²) in [7, 11) is 0. The van der Waals surface area contributed by atoms with Gasteiger partial charge in [0.1, 0.15) is 5.75 Å². The van der Waals surface area contributed by atoms with E-state index in [0.717, 1.165) is 16.7 Å². The first-order valence-corrected chi connectivity index (χ1v) is 11.3. The molecule has 0 aliphatic rings. The van der Waals surface area contributed by atoms with Crippen LogP contribution in [0.1, 0.15) is 104 Å². The molecular weight excluding hydrogens is 394 g/mol. The maximum Gasteiger partial charge on any atom is 0.306 e. The van der Waals surface area contributed by atoms with Crippen LogP contribution in [0.5, 0.6) is 5.75 Å². The van der Waals surface area contributed by atoms with E-state index in [2.05, 4.69) is 0 Å². The summed E-state index contributed by atoms with van der Waals surface area (Å²) in [6, 6.07) is 3.90. The topological polar surface area (TPSA) is 89.7 Å². The first-order chi connectivity index (χ1) is 14.2. The van der Waals surface area contributed by atoms with Gasteiger partial charge in [0.25, 0.3) is 5.54 Å². The molecule has 1 aromatic carbocycles. The van der Waals surface area contributed by atoms with Gasteiger partial charge < -0.3 is 9.84 Å². The van der Waals surface area contributed by atoms with Crippen molar-refractivity contribution >= 4 is 5.97 Å². The average molecular weight is 436 g/mol. The van der Waals surface area contributed by atoms with Crippen molar-refractivity contribution in [3.8, 4) is 5.75 Å². The molecule has 31 heavy (non-hydrogen) atoms. The summed E-state index contributed by atoms with van der Waals surface area (Å²) in [5.41, 5.74) is 0.963. The van der Waals surface area contributed by atoms with Gasteiger partial charge in [-0.05, 0) is 46.8 Å².